The molecule has 5 nitrogen and oxygen atoms in total. The van der Waals surface area contributed by atoms with Gasteiger partial charge in [0.25, 0.3) is 5.91 Å². The van der Waals surface area contributed by atoms with Crippen molar-refractivity contribution in [2.24, 2.45) is 0 Å². The Kier molecular flexibility index (Phi) is 4.64. The fraction of sp³-hybridized carbons (Fsp3) is 0.600. The summed E-state index contributed by atoms with van der Waals surface area (Å²) in [6, 6.07) is 8.88. The maximum Gasteiger partial charge on any atom is 0.318 e. The molecular weight excluding hydrogens is 314 g/mol. The van der Waals surface area contributed by atoms with Gasteiger partial charge in [-0.25, -0.2) is 4.79 Å². The number of urea groups is 1. The van der Waals surface area contributed by atoms with Crippen molar-refractivity contribution in [3.8, 4) is 0 Å². The predicted octanol–water partition coefficient (Wildman–Crippen LogP) is 3.20. The summed E-state index contributed by atoms with van der Waals surface area (Å²) in [4.78, 5) is 26.7. The first-order valence-corrected chi connectivity index (χ1v) is 9.66. The van der Waals surface area contributed by atoms with E-state index in [9.17, 15) is 9.59 Å². The summed E-state index contributed by atoms with van der Waals surface area (Å²) in [6.07, 6.45) is 9.26. The number of rotatable bonds is 6. The molecule has 2 N–H and O–H groups in total. The van der Waals surface area contributed by atoms with Crippen molar-refractivity contribution in [3.63, 3.8) is 0 Å². The Labute approximate surface area is 149 Å². The first-order valence-electron chi connectivity index (χ1n) is 9.66. The second kappa shape index (κ2) is 7.06. The van der Waals surface area contributed by atoms with E-state index in [4.69, 9.17) is 0 Å². The molecule has 3 aliphatic carbocycles. The Balaban J connectivity index is 1.30. The second-order valence-electron chi connectivity index (χ2n) is 7.68. The summed E-state index contributed by atoms with van der Waals surface area (Å²) in [5.41, 5.74) is 1.71. The van der Waals surface area contributed by atoms with Crippen LogP contribution < -0.4 is 10.6 Å². The zero-order chi connectivity index (χ0) is 17.2. The average molecular weight is 341 g/mol. The number of nitrogens with zero attached hydrogens (tertiary/aromatic N) is 1. The lowest BCUT2D eigenvalue weighted by Crippen LogP contribution is -2.46. The molecule has 3 saturated carbocycles. The van der Waals surface area contributed by atoms with Crippen LogP contribution in [0, 0.1) is 0 Å². The molecule has 5 heteroatoms. The van der Waals surface area contributed by atoms with Crippen molar-refractivity contribution < 1.29 is 9.59 Å². The van der Waals surface area contributed by atoms with Crippen LogP contribution in [0.3, 0.4) is 0 Å². The minimum atomic E-state index is -0.000715. The zero-order valence-electron chi connectivity index (χ0n) is 14.7. The third kappa shape index (κ3) is 4.14. The minimum absolute atomic E-state index is 0.000715. The van der Waals surface area contributed by atoms with Crippen LogP contribution in [0.15, 0.2) is 24.3 Å². The third-order valence-electron chi connectivity index (χ3n) is 5.47. The number of amides is 3. The lowest BCUT2D eigenvalue weighted by molar-refractivity contribution is 0.0951. The Morgan fingerprint density at radius 1 is 0.920 bits per heavy atom. The molecule has 0 aliphatic heterocycles. The van der Waals surface area contributed by atoms with Crippen molar-refractivity contribution in [3.05, 3.63) is 35.4 Å². The molecule has 134 valence electrons. The van der Waals surface area contributed by atoms with Gasteiger partial charge in [0.15, 0.2) is 0 Å². The summed E-state index contributed by atoms with van der Waals surface area (Å²) in [7, 11) is 0. The molecule has 1 aromatic rings. The quantitative estimate of drug-likeness (QED) is 0.835. The van der Waals surface area contributed by atoms with Crippen LogP contribution in [0.4, 0.5) is 4.79 Å². The van der Waals surface area contributed by atoms with Gasteiger partial charge in [0.2, 0.25) is 0 Å². The topological polar surface area (TPSA) is 61.4 Å². The van der Waals surface area contributed by atoms with Gasteiger partial charge in [0.1, 0.15) is 0 Å². The van der Waals surface area contributed by atoms with E-state index < -0.39 is 0 Å². The number of carbonyl (C=O) groups excluding carboxylic acids is 2. The largest absolute Gasteiger partial charge is 0.349 e. The third-order valence-corrected chi connectivity index (χ3v) is 5.47. The number of hydrogen-bond acceptors (Lipinski definition) is 2. The first-order chi connectivity index (χ1) is 12.2. The molecule has 3 aliphatic rings. The fourth-order valence-electron chi connectivity index (χ4n) is 3.70. The Morgan fingerprint density at radius 3 is 2.16 bits per heavy atom. The molecule has 0 aromatic heterocycles. The zero-order valence-corrected chi connectivity index (χ0v) is 14.7. The summed E-state index contributed by atoms with van der Waals surface area (Å²) in [6.45, 7) is 0.513. The molecule has 0 unspecified atom stereocenters. The van der Waals surface area contributed by atoms with Crippen LogP contribution in [-0.2, 0) is 6.54 Å². The molecular formula is C20H27N3O2. The average Bonchev–Trinajstić information content (AvgIpc) is 3.55. The van der Waals surface area contributed by atoms with Gasteiger partial charge in [0, 0.05) is 30.2 Å². The van der Waals surface area contributed by atoms with Crippen molar-refractivity contribution in [1.82, 2.24) is 15.5 Å². The van der Waals surface area contributed by atoms with Crippen LogP contribution in [-0.4, -0.2) is 35.0 Å². The highest BCUT2D eigenvalue weighted by Gasteiger charge is 2.38. The van der Waals surface area contributed by atoms with Gasteiger partial charge in [-0.2, -0.15) is 0 Å². The van der Waals surface area contributed by atoms with Crippen LogP contribution in [0.25, 0.3) is 0 Å². The Bertz CT molecular complexity index is 629. The van der Waals surface area contributed by atoms with E-state index >= 15 is 0 Å². The van der Waals surface area contributed by atoms with Crippen LogP contribution >= 0.6 is 0 Å². The molecule has 25 heavy (non-hydrogen) atoms. The van der Waals surface area contributed by atoms with Crippen LogP contribution in [0.2, 0.25) is 0 Å². The second-order valence-corrected chi connectivity index (χ2v) is 7.68. The predicted molar refractivity (Wildman–Crippen MR) is 96.3 cm³/mol. The number of nitrogens with one attached hydrogen (secondary N) is 2. The number of benzene rings is 1. The van der Waals surface area contributed by atoms with E-state index in [1.807, 2.05) is 24.3 Å². The van der Waals surface area contributed by atoms with Crippen molar-refractivity contribution in [2.45, 2.75) is 76.0 Å². The Morgan fingerprint density at radius 2 is 1.56 bits per heavy atom. The highest BCUT2D eigenvalue weighted by molar-refractivity contribution is 5.94. The molecule has 0 heterocycles. The van der Waals surface area contributed by atoms with Gasteiger partial charge in [-0.05, 0) is 56.2 Å². The minimum Gasteiger partial charge on any atom is -0.349 e. The summed E-state index contributed by atoms with van der Waals surface area (Å²) >= 11 is 0. The van der Waals surface area contributed by atoms with E-state index in [2.05, 4.69) is 15.5 Å². The number of hydrogen-bond donors (Lipinski definition) is 2. The monoisotopic (exact) mass is 341 g/mol. The molecule has 1 aromatic carbocycles. The van der Waals surface area contributed by atoms with E-state index in [1.54, 1.807) is 0 Å². The highest BCUT2D eigenvalue weighted by atomic mass is 16.2. The molecule has 0 spiro atoms. The smallest absolute Gasteiger partial charge is 0.318 e. The highest BCUT2D eigenvalue weighted by Crippen LogP contribution is 2.34. The molecule has 3 amide bonds. The van der Waals surface area contributed by atoms with Gasteiger partial charge < -0.3 is 15.5 Å². The Hall–Kier alpha value is -2.04. The number of carbonyl (C=O) groups is 2. The molecule has 3 fully saturated rings. The van der Waals surface area contributed by atoms with Gasteiger partial charge in [0.05, 0.1) is 0 Å². The van der Waals surface area contributed by atoms with Gasteiger partial charge in [-0.3, -0.25) is 4.79 Å². The molecule has 0 bridgehead atoms. The summed E-state index contributed by atoms with van der Waals surface area (Å²) in [5, 5.41) is 6.06. The fourth-order valence-corrected chi connectivity index (χ4v) is 3.70. The normalized spacial score (nSPS) is 20.3. The maximum atomic E-state index is 12.6. The van der Waals surface area contributed by atoms with Crippen molar-refractivity contribution >= 4 is 11.9 Å². The lowest BCUT2D eigenvalue weighted by atomic mass is 10.1. The lowest BCUT2D eigenvalue weighted by Gasteiger charge is -2.29. The SMILES string of the molecule is O=C(NC1CC1)c1ccc(CNC(=O)N(C2CCCC2)C2CC2)cc1. The van der Waals surface area contributed by atoms with E-state index in [0.717, 1.165) is 44.1 Å². The van der Waals surface area contributed by atoms with E-state index in [-0.39, 0.29) is 11.9 Å². The van der Waals surface area contributed by atoms with Crippen molar-refractivity contribution in [1.29, 1.82) is 0 Å². The maximum absolute atomic E-state index is 12.6. The standard InChI is InChI=1S/C20H27N3O2/c24-19(22-16-9-10-16)15-7-5-14(6-8-15)13-21-20(25)23(18-11-12-18)17-3-1-2-4-17/h5-8,16-18H,1-4,9-13H2,(H,21,25)(H,22,24). The van der Waals surface area contributed by atoms with Crippen LogP contribution in [0.1, 0.15) is 67.3 Å². The summed E-state index contributed by atoms with van der Waals surface area (Å²) in [5.74, 6) is -0.000715. The van der Waals surface area contributed by atoms with Crippen LogP contribution in [0.5, 0.6) is 0 Å². The first kappa shape index (κ1) is 16.4. The molecule has 0 atom stereocenters. The van der Waals surface area contributed by atoms with Gasteiger partial charge >= 0.3 is 6.03 Å². The van der Waals surface area contributed by atoms with Gasteiger partial charge in [-0.15, -0.1) is 0 Å². The molecule has 0 radical (unpaired) electrons. The van der Waals surface area contributed by atoms with E-state index in [0.29, 0.717) is 30.2 Å². The van der Waals surface area contributed by atoms with Crippen molar-refractivity contribution in [2.75, 3.05) is 0 Å². The molecule has 0 saturated heterocycles. The molecule has 4 rings (SSSR count). The van der Waals surface area contributed by atoms with Gasteiger partial charge in [-0.1, -0.05) is 25.0 Å². The van der Waals surface area contributed by atoms with E-state index in [1.165, 1.54) is 12.8 Å². The summed E-state index contributed by atoms with van der Waals surface area (Å²) < 4.78 is 0.